The molecule has 0 radical (unpaired) electrons. The van der Waals surface area contributed by atoms with E-state index in [2.05, 4.69) is 5.10 Å². The Labute approximate surface area is 160 Å². The van der Waals surface area contributed by atoms with Gasteiger partial charge in [-0.1, -0.05) is 12.8 Å². The lowest BCUT2D eigenvalue weighted by atomic mass is 10.1. The highest BCUT2D eigenvalue weighted by Gasteiger charge is 2.17. The molecule has 0 saturated heterocycles. The van der Waals surface area contributed by atoms with Crippen LogP contribution in [0.4, 0.5) is 0 Å². The van der Waals surface area contributed by atoms with Crippen molar-refractivity contribution < 1.29 is 19.4 Å². The molecule has 0 unspecified atom stereocenters. The molecule has 0 amide bonds. The Morgan fingerprint density at radius 3 is 2.78 bits per heavy atom. The highest BCUT2D eigenvalue weighted by molar-refractivity contribution is 5.66. The van der Waals surface area contributed by atoms with E-state index in [1.807, 2.05) is 35.9 Å². The maximum Gasteiger partial charge on any atom is 0.303 e. The number of ether oxygens (including phenoxy) is 2. The minimum atomic E-state index is -0.808. The number of carbonyl (C=O) groups is 1. The molecule has 1 heterocycles. The summed E-state index contributed by atoms with van der Waals surface area (Å²) in [5.74, 6) is 1.49. The minimum Gasteiger partial charge on any atom is -0.497 e. The molecule has 0 atom stereocenters. The third-order valence-electron chi connectivity index (χ3n) is 5.16. The van der Waals surface area contributed by atoms with E-state index in [0.717, 1.165) is 35.1 Å². The summed E-state index contributed by atoms with van der Waals surface area (Å²) in [5.41, 5.74) is 2.81. The van der Waals surface area contributed by atoms with Crippen LogP contribution in [-0.2, 0) is 17.8 Å². The van der Waals surface area contributed by atoms with Crippen molar-refractivity contribution >= 4 is 5.97 Å². The number of carboxylic acid groups (broad SMARTS) is 1. The van der Waals surface area contributed by atoms with Crippen LogP contribution in [0.1, 0.15) is 49.1 Å². The summed E-state index contributed by atoms with van der Waals surface area (Å²) >= 11 is 0. The van der Waals surface area contributed by atoms with Crippen LogP contribution in [0, 0.1) is 12.8 Å². The van der Waals surface area contributed by atoms with Gasteiger partial charge in [0.15, 0.2) is 0 Å². The van der Waals surface area contributed by atoms with Crippen molar-refractivity contribution in [1.29, 1.82) is 0 Å². The van der Waals surface area contributed by atoms with Crippen molar-refractivity contribution in [3.8, 4) is 11.5 Å². The summed E-state index contributed by atoms with van der Waals surface area (Å²) in [7, 11) is 1.65. The Hall–Kier alpha value is -2.50. The second kappa shape index (κ2) is 8.93. The van der Waals surface area contributed by atoms with Crippen LogP contribution < -0.4 is 9.47 Å². The summed E-state index contributed by atoms with van der Waals surface area (Å²) in [6.45, 7) is 3.30. The van der Waals surface area contributed by atoms with Gasteiger partial charge in [0.1, 0.15) is 11.5 Å². The molecule has 1 aromatic heterocycles. The van der Waals surface area contributed by atoms with E-state index in [9.17, 15) is 4.79 Å². The quantitative estimate of drug-likeness (QED) is 0.724. The molecule has 146 valence electrons. The Morgan fingerprint density at radius 1 is 1.30 bits per heavy atom. The molecule has 1 saturated carbocycles. The fraction of sp³-hybridized carbons (Fsp3) is 0.524. The zero-order valence-electron chi connectivity index (χ0n) is 16.1. The molecule has 3 rings (SSSR count). The number of hydrogen-bond donors (Lipinski definition) is 1. The Bertz CT molecular complexity index is 778. The topological polar surface area (TPSA) is 73.6 Å². The van der Waals surface area contributed by atoms with Crippen LogP contribution in [0.25, 0.3) is 0 Å². The summed E-state index contributed by atoms with van der Waals surface area (Å²) < 4.78 is 13.4. The van der Waals surface area contributed by atoms with Crippen molar-refractivity contribution in [2.45, 2.75) is 52.0 Å². The molecular formula is C21H28N2O4. The SMILES string of the molecule is COc1ccc(OCC2CCCC2)c(Cn2nc(CCC(=O)O)cc2C)c1. The van der Waals surface area contributed by atoms with E-state index >= 15 is 0 Å². The van der Waals surface area contributed by atoms with E-state index in [1.165, 1.54) is 25.7 Å². The Kier molecular flexibility index (Phi) is 6.37. The maximum absolute atomic E-state index is 10.8. The van der Waals surface area contributed by atoms with Gasteiger partial charge in [0.25, 0.3) is 0 Å². The number of aliphatic carboxylic acids is 1. The van der Waals surface area contributed by atoms with Crippen LogP contribution in [0.15, 0.2) is 24.3 Å². The van der Waals surface area contributed by atoms with Crippen molar-refractivity contribution in [2.75, 3.05) is 13.7 Å². The van der Waals surface area contributed by atoms with E-state index in [-0.39, 0.29) is 6.42 Å². The van der Waals surface area contributed by atoms with Gasteiger partial charge >= 0.3 is 5.97 Å². The van der Waals surface area contributed by atoms with Crippen LogP contribution in [0.2, 0.25) is 0 Å². The zero-order chi connectivity index (χ0) is 19.2. The molecule has 27 heavy (non-hydrogen) atoms. The number of methoxy groups -OCH3 is 1. The molecule has 1 aromatic carbocycles. The van der Waals surface area contributed by atoms with Gasteiger partial charge in [-0.05, 0) is 49.9 Å². The Morgan fingerprint density at radius 2 is 2.07 bits per heavy atom. The van der Waals surface area contributed by atoms with Crippen LogP contribution in [-0.4, -0.2) is 34.6 Å². The summed E-state index contributed by atoms with van der Waals surface area (Å²) in [6, 6.07) is 7.82. The van der Waals surface area contributed by atoms with Crippen molar-refractivity contribution in [1.82, 2.24) is 9.78 Å². The lowest BCUT2D eigenvalue weighted by molar-refractivity contribution is -0.136. The van der Waals surface area contributed by atoms with Crippen LogP contribution in [0.3, 0.4) is 0 Å². The molecule has 0 spiro atoms. The number of aromatic nitrogens is 2. The van der Waals surface area contributed by atoms with Crippen LogP contribution in [0.5, 0.6) is 11.5 Å². The van der Waals surface area contributed by atoms with Crippen molar-refractivity contribution in [2.24, 2.45) is 5.92 Å². The number of aryl methyl sites for hydroxylation is 2. The van der Waals surface area contributed by atoms with E-state index in [1.54, 1.807) is 7.11 Å². The molecule has 0 bridgehead atoms. The van der Waals surface area contributed by atoms with Gasteiger partial charge in [-0.25, -0.2) is 0 Å². The summed E-state index contributed by atoms with van der Waals surface area (Å²) in [5, 5.41) is 13.4. The van der Waals surface area contributed by atoms with E-state index < -0.39 is 5.97 Å². The zero-order valence-corrected chi connectivity index (χ0v) is 16.1. The average molecular weight is 372 g/mol. The molecule has 1 aliphatic carbocycles. The molecule has 1 N–H and O–H groups in total. The number of rotatable bonds is 9. The first-order valence-corrected chi connectivity index (χ1v) is 9.60. The van der Waals surface area contributed by atoms with Gasteiger partial charge in [-0.2, -0.15) is 5.10 Å². The highest BCUT2D eigenvalue weighted by atomic mass is 16.5. The first-order chi connectivity index (χ1) is 13.0. The van der Waals surface area contributed by atoms with Gasteiger partial charge in [-0.15, -0.1) is 0 Å². The van der Waals surface area contributed by atoms with Gasteiger partial charge in [0.2, 0.25) is 0 Å². The van der Waals surface area contributed by atoms with Crippen LogP contribution >= 0.6 is 0 Å². The van der Waals surface area contributed by atoms with Crippen molar-refractivity contribution in [3.05, 3.63) is 41.2 Å². The average Bonchev–Trinajstić information content (AvgIpc) is 3.29. The largest absolute Gasteiger partial charge is 0.497 e. The summed E-state index contributed by atoms with van der Waals surface area (Å²) in [4.78, 5) is 10.8. The molecule has 2 aromatic rings. The fourth-order valence-corrected chi connectivity index (χ4v) is 3.59. The number of hydrogen-bond acceptors (Lipinski definition) is 4. The molecule has 1 fully saturated rings. The molecule has 1 aliphatic rings. The molecule has 6 heteroatoms. The fourth-order valence-electron chi connectivity index (χ4n) is 3.59. The van der Waals surface area contributed by atoms with Gasteiger partial charge < -0.3 is 14.6 Å². The van der Waals surface area contributed by atoms with Gasteiger partial charge in [0, 0.05) is 17.7 Å². The lowest BCUT2D eigenvalue weighted by Crippen LogP contribution is -2.11. The smallest absolute Gasteiger partial charge is 0.303 e. The Balaban J connectivity index is 1.74. The summed E-state index contributed by atoms with van der Waals surface area (Å²) in [6.07, 6.45) is 5.62. The predicted molar refractivity (Wildman–Crippen MR) is 102 cm³/mol. The highest BCUT2D eigenvalue weighted by Crippen LogP contribution is 2.29. The maximum atomic E-state index is 10.8. The number of benzene rings is 1. The third-order valence-corrected chi connectivity index (χ3v) is 5.16. The predicted octanol–water partition coefficient (Wildman–Crippen LogP) is 3.83. The second-order valence-electron chi connectivity index (χ2n) is 7.26. The third kappa shape index (κ3) is 5.25. The first kappa shape index (κ1) is 19.3. The van der Waals surface area contributed by atoms with Gasteiger partial charge in [-0.3, -0.25) is 9.48 Å². The standard InChI is InChI=1S/C21H28N2O4/c1-15-11-18(7-10-21(24)25)22-23(15)13-17-12-19(26-2)8-9-20(17)27-14-16-5-3-4-6-16/h8-9,11-12,16H,3-7,10,13-14H2,1-2H3,(H,24,25). The van der Waals surface area contributed by atoms with E-state index in [4.69, 9.17) is 14.6 Å². The normalized spacial score (nSPS) is 14.4. The monoisotopic (exact) mass is 372 g/mol. The molecule has 0 aliphatic heterocycles. The van der Waals surface area contributed by atoms with E-state index in [0.29, 0.717) is 18.9 Å². The minimum absolute atomic E-state index is 0.0887. The second-order valence-corrected chi connectivity index (χ2v) is 7.26. The molecular weight excluding hydrogens is 344 g/mol. The first-order valence-electron chi connectivity index (χ1n) is 9.60. The van der Waals surface area contributed by atoms with Crippen molar-refractivity contribution in [3.63, 3.8) is 0 Å². The molecule has 6 nitrogen and oxygen atoms in total. The lowest BCUT2D eigenvalue weighted by Gasteiger charge is -2.16. The van der Waals surface area contributed by atoms with Gasteiger partial charge in [0.05, 0.1) is 32.4 Å². The number of carboxylic acids is 1. The number of nitrogens with zero attached hydrogens (tertiary/aromatic N) is 2.